The molecule has 2 aromatic carbocycles. The molecule has 0 aliphatic carbocycles. The topological polar surface area (TPSA) is 118 Å². The molecular weight excluding hydrogens is 412 g/mol. The quantitative estimate of drug-likeness (QED) is 0.314. The van der Waals surface area contributed by atoms with Crippen LogP contribution in [0.4, 0.5) is 5.69 Å². The van der Waals surface area contributed by atoms with Gasteiger partial charge in [-0.05, 0) is 68.7 Å². The molecule has 170 valence electrons. The van der Waals surface area contributed by atoms with Crippen molar-refractivity contribution in [3.05, 3.63) is 53.1 Å². The second-order valence-electron chi connectivity index (χ2n) is 6.78. The van der Waals surface area contributed by atoms with Gasteiger partial charge < -0.3 is 20.1 Å². The molecular formula is C23H28N4O5. The first-order chi connectivity index (χ1) is 15.3. The van der Waals surface area contributed by atoms with E-state index in [2.05, 4.69) is 21.2 Å². The fourth-order valence-electron chi connectivity index (χ4n) is 2.67. The second-order valence-corrected chi connectivity index (χ2v) is 6.78. The number of benzene rings is 2. The number of aryl methyl sites for hydroxylation is 1. The summed E-state index contributed by atoms with van der Waals surface area (Å²) < 4.78 is 11.2. The van der Waals surface area contributed by atoms with Gasteiger partial charge in [0.2, 0.25) is 0 Å². The molecule has 0 saturated carbocycles. The Labute approximate surface area is 187 Å². The minimum Gasteiger partial charge on any atom is -0.490 e. The molecule has 0 heterocycles. The fourth-order valence-corrected chi connectivity index (χ4v) is 2.67. The number of amides is 3. The van der Waals surface area contributed by atoms with Gasteiger partial charge in [0, 0.05) is 12.2 Å². The summed E-state index contributed by atoms with van der Waals surface area (Å²) in [5, 5.41) is 8.99. The monoisotopic (exact) mass is 440 g/mol. The Morgan fingerprint density at radius 3 is 2.50 bits per heavy atom. The first-order valence-corrected chi connectivity index (χ1v) is 10.2. The molecule has 2 rings (SSSR count). The summed E-state index contributed by atoms with van der Waals surface area (Å²) >= 11 is 0. The highest BCUT2D eigenvalue weighted by Crippen LogP contribution is 2.28. The average Bonchev–Trinajstić information content (AvgIpc) is 2.76. The number of hydrazone groups is 1. The molecule has 0 aliphatic rings. The number of carbonyl (C=O) groups is 3. The Kier molecular flexibility index (Phi) is 9.22. The number of anilines is 1. The van der Waals surface area contributed by atoms with E-state index >= 15 is 0 Å². The number of ether oxygens (including phenoxy) is 2. The van der Waals surface area contributed by atoms with Crippen molar-refractivity contribution in [1.82, 2.24) is 10.7 Å². The van der Waals surface area contributed by atoms with Crippen LogP contribution in [0.25, 0.3) is 0 Å². The van der Waals surface area contributed by atoms with Gasteiger partial charge in [-0.2, -0.15) is 5.10 Å². The lowest BCUT2D eigenvalue weighted by Crippen LogP contribution is -2.37. The molecule has 32 heavy (non-hydrogen) atoms. The molecule has 0 saturated heterocycles. The second kappa shape index (κ2) is 12.1. The Balaban J connectivity index is 2.00. The van der Waals surface area contributed by atoms with E-state index in [4.69, 9.17) is 9.47 Å². The van der Waals surface area contributed by atoms with Crippen molar-refractivity contribution in [2.45, 2.75) is 27.7 Å². The molecule has 0 atom stereocenters. The molecule has 9 heteroatoms. The van der Waals surface area contributed by atoms with E-state index < -0.39 is 11.8 Å². The standard InChI is InChI=1S/C23H28N4O5/c1-5-24-22(29)23(30)27-25-13-17-10-11-19(20(12-17)31-6-2)32-14-21(28)26-18-9-7-8-15(3)16(18)4/h7-13H,5-6,14H2,1-4H3,(H,24,29)(H,26,28)(H,27,30)/b25-13-. The summed E-state index contributed by atoms with van der Waals surface area (Å²) in [6.45, 7) is 8.00. The van der Waals surface area contributed by atoms with E-state index in [9.17, 15) is 14.4 Å². The predicted octanol–water partition coefficient (Wildman–Crippen LogP) is 2.31. The van der Waals surface area contributed by atoms with Crippen LogP contribution in [0, 0.1) is 13.8 Å². The molecule has 3 amide bonds. The van der Waals surface area contributed by atoms with E-state index in [1.165, 1.54) is 6.21 Å². The Hall–Kier alpha value is -3.88. The lowest BCUT2D eigenvalue weighted by atomic mass is 10.1. The summed E-state index contributed by atoms with van der Waals surface area (Å²) in [7, 11) is 0. The van der Waals surface area contributed by atoms with Gasteiger partial charge in [0.05, 0.1) is 12.8 Å². The van der Waals surface area contributed by atoms with Crippen LogP contribution < -0.4 is 25.5 Å². The third-order valence-electron chi connectivity index (χ3n) is 4.43. The Bertz CT molecular complexity index is 1000. The van der Waals surface area contributed by atoms with Crippen LogP contribution in [0.3, 0.4) is 0 Å². The number of carbonyl (C=O) groups excluding carboxylic acids is 3. The number of hydrogen-bond acceptors (Lipinski definition) is 6. The van der Waals surface area contributed by atoms with Crippen molar-refractivity contribution in [3.63, 3.8) is 0 Å². The van der Waals surface area contributed by atoms with Gasteiger partial charge in [-0.15, -0.1) is 0 Å². The van der Waals surface area contributed by atoms with Crippen LogP contribution in [0.2, 0.25) is 0 Å². The SMILES string of the molecule is CCNC(=O)C(=O)N/N=C\c1ccc(OCC(=O)Nc2cccc(C)c2C)c(OCC)c1. The first kappa shape index (κ1) is 24.4. The third kappa shape index (κ3) is 7.12. The number of nitrogens with one attached hydrogen (secondary N) is 3. The predicted molar refractivity (Wildman–Crippen MR) is 122 cm³/mol. The van der Waals surface area contributed by atoms with E-state index in [1.807, 2.05) is 39.0 Å². The van der Waals surface area contributed by atoms with Crippen LogP contribution in [0.15, 0.2) is 41.5 Å². The van der Waals surface area contributed by atoms with Gasteiger partial charge in [-0.1, -0.05) is 12.1 Å². The smallest absolute Gasteiger partial charge is 0.329 e. The maximum Gasteiger partial charge on any atom is 0.329 e. The molecule has 0 bridgehead atoms. The fraction of sp³-hybridized carbons (Fsp3) is 0.304. The van der Waals surface area contributed by atoms with Gasteiger partial charge >= 0.3 is 11.8 Å². The molecule has 0 unspecified atom stereocenters. The lowest BCUT2D eigenvalue weighted by Gasteiger charge is -2.14. The van der Waals surface area contributed by atoms with Crippen molar-refractivity contribution in [3.8, 4) is 11.5 Å². The van der Waals surface area contributed by atoms with Crippen molar-refractivity contribution >= 4 is 29.6 Å². The van der Waals surface area contributed by atoms with Crippen LogP contribution in [0.5, 0.6) is 11.5 Å². The number of rotatable bonds is 9. The Morgan fingerprint density at radius 1 is 1.00 bits per heavy atom. The zero-order valence-corrected chi connectivity index (χ0v) is 18.7. The molecule has 3 N–H and O–H groups in total. The highest BCUT2D eigenvalue weighted by molar-refractivity contribution is 6.35. The number of nitrogens with zero attached hydrogens (tertiary/aromatic N) is 1. The minimum atomic E-state index is -0.858. The normalized spacial score (nSPS) is 10.5. The summed E-state index contributed by atoms with van der Waals surface area (Å²) in [5.41, 5.74) is 5.58. The molecule has 0 fully saturated rings. The van der Waals surface area contributed by atoms with Crippen molar-refractivity contribution < 1.29 is 23.9 Å². The van der Waals surface area contributed by atoms with Gasteiger partial charge in [0.1, 0.15) is 0 Å². The van der Waals surface area contributed by atoms with Gasteiger partial charge in [-0.25, -0.2) is 5.43 Å². The van der Waals surface area contributed by atoms with Gasteiger partial charge in [0.15, 0.2) is 18.1 Å². The highest BCUT2D eigenvalue weighted by Gasteiger charge is 2.12. The highest BCUT2D eigenvalue weighted by atomic mass is 16.5. The van der Waals surface area contributed by atoms with Gasteiger partial charge in [0.25, 0.3) is 5.91 Å². The molecule has 0 aromatic heterocycles. The molecule has 9 nitrogen and oxygen atoms in total. The van der Waals surface area contributed by atoms with Crippen molar-refractivity contribution in [2.24, 2.45) is 5.10 Å². The largest absolute Gasteiger partial charge is 0.490 e. The first-order valence-electron chi connectivity index (χ1n) is 10.2. The summed E-state index contributed by atoms with van der Waals surface area (Å²) in [6, 6.07) is 10.7. The van der Waals surface area contributed by atoms with Crippen LogP contribution >= 0.6 is 0 Å². The lowest BCUT2D eigenvalue weighted by molar-refractivity contribution is -0.139. The zero-order chi connectivity index (χ0) is 23.5. The summed E-state index contributed by atoms with van der Waals surface area (Å²) in [4.78, 5) is 35.2. The van der Waals surface area contributed by atoms with Crippen LogP contribution in [-0.4, -0.2) is 43.7 Å². The molecule has 0 spiro atoms. The van der Waals surface area contributed by atoms with E-state index in [-0.39, 0.29) is 12.5 Å². The number of likely N-dealkylation sites (N-methyl/N-ethyl adjacent to an activating group) is 1. The maximum absolute atomic E-state index is 12.3. The van der Waals surface area contributed by atoms with E-state index in [0.29, 0.717) is 30.2 Å². The minimum absolute atomic E-state index is 0.191. The van der Waals surface area contributed by atoms with Crippen LogP contribution in [-0.2, 0) is 14.4 Å². The van der Waals surface area contributed by atoms with Crippen molar-refractivity contribution in [1.29, 1.82) is 0 Å². The summed E-state index contributed by atoms with van der Waals surface area (Å²) in [5.74, 6) is -1.09. The molecule has 0 radical (unpaired) electrons. The van der Waals surface area contributed by atoms with Crippen LogP contribution in [0.1, 0.15) is 30.5 Å². The maximum atomic E-state index is 12.3. The average molecular weight is 441 g/mol. The van der Waals surface area contributed by atoms with Crippen molar-refractivity contribution in [2.75, 3.05) is 25.1 Å². The van der Waals surface area contributed by atoms with Gasteiger partial charge in [-0.3, -0.25) is 14.4 Å². The van der Waals surface area contributed by atoms with E-state index in [1.54, 1.807) is 25.1 Å². The number of hydrogen-bond donors (Lipinski definition) is 3. The Morgan fingerprint density at radius 2 is 1.78 bits per heavy atom. The molecule has 2 aromatic rings. The molecule has 0 aliphatic heterocycles. The summed E-state index contributed by atoms with van der Waals surface area (Å²) in [6.07, 6.45) is 1.37. The third-order valence-corrected chi connectivity index (χ3v) is 4.43. The zero-order valence-electron chi connectivity index (χ0n) is 18.7. The van der Waals surface area contributed by atoms with E-state index in [0.717, 1.165) is 16.8 Å².